The lowest BCUT2D eigenvalue weighted by Crippen LogP contribution is -2.36. The average molecular weight is 372 g/mol. The van der Waals surface area contributed by atoms with Gasteiger partial charge < -0.3 is 14.6 Å². The van der Waals surface area contributed by atoms with Crippen LogP contribution in [0.1, 0.15) is 31.4 Å². The van der Waals surface area contributed by atoms with Gasteiger partial charge in [0.25, 0.3) is 0 Å². The third kappa shape index (κ3) is 7.61. The number of aliphatic hydroxyl groups excluding tert-OH is 1. The molecule has 1 N–H and O–H groups in total. The molecule has 148 valence electrons. The molecule has 2 aromatic rings. The van der Waals surface area contributed by atoms with Gasteiger partial charge in [-0.15, -0.1) is 0 Å². The highest BCUT2D eigenvalue weighted by Crippen LogP contribution is 2.18. The van der Waals surface area contributed by atoms with Crippen LogP contribution in [0.4, 0.5) is 0 Å². The highest BCUT2D eigenvalue weighted by atomic mass is 16.5. The minimum Gasteiger partial charge on any atom is -0.497 e. The van der Waals surface area contributed by atoms with E-state index in [-0.39, 0.29) is 0 Å². The van der Waals surface area contributed by atoms with Crippen LogP contribution in [0.15, 0.2) is 48.5 Å². The predicted octanol–water partition coefficient (Wildman–Crippen LogP) is 4.29. The number of para-hydroxylation sites is 1. The molecule has 0 saturated heterocycles. The summed E-state index contributed by atoms with van der Waals surface area (Å²) in [4.78, 5) is 2.29. The first kappa shape index (κ1) is 21.3. The van der Waals surface area contributed by atoms with E-state index >= 15 is 0 Å². The molecular weight excluding hydrogens is 338 g/mol. The first-order valence-corrected chi connectivity index (χ1v) is 9.69. The SMILES string of the molecule is COc1cccc(CN(CCC(C)C)C[C@H](O)COc2ccccc2C)c1. The van der Waals surface area contributed by atoms with Gasteiger partial charge in [-0.05, 0) is 55.1 Å². The van der Waals surface area contributed by atoms with E-state index in [4.69, 9.17) is 9.47 Å². The Labute approximate surface area is 163 Å². The first-order chi connectivity index (χ1) is 13.0. The van der Waals surface area contributed by atoms with Gasteiger partial charge in [0, 0.05) is 13.1 Å². The fourth-order valence-corrected chi connectivity index (χ4v) is 2.96. The summed E-state index contributed by atoms with van der Waals surface area (Å²) in [6.45, 7) is 9.06. The number of nitrogens with zero attached hydrogens (tertiary/aromatic N) is 1. The van der Waals surface area contributed by atoms with E-state index in [0.717, 1.165) is 36.6 Å². The quantitative estimate of drug-likeness (QED) is 0.640. The van der Waals surface area contributed by atoms with Gasteiger partial charge in [-0.2, -0.15) is 0 Å². The second-order valence-corrected chi connectivity index (χ2v) is 7.50. The van der Waals surface area contributed by atoms with Crippen molar-refractivity contribution >= 4 is 0 Å². The minimum atomic E-state index is -0.539. The second-order valence-electron chi connectivity index (χ2n) is 7.50. The largest absolute Gasteiger partial charge is 0.497 e. The van der Waals surface area contributed by atoms with Gasteiger partial charge in [0.15, 0.2) is 0 Å². The molecule has 0 saturated carbocycles. The van der Waals surface area contributed by atoms with E-state index in [1.807, 2.05) is 43.3 Å². The lowest BCUT2D eigenvalue weighted by Gasteiger charge is -2.26. The standard InChI is InChI=1S/C23H33NO3/c1-18(2)12-13-24(15-20-9-7-10-22(14-20)26-4)16-21(25)17-27-23-11-6-5-8-19(23)3/h5-11,14,18,21,25H,12-13,15-17H2,1-4H3/t21-/m0/s1. The third-order valence-electron chi connectivity index (χ3n) is 4.56. The maximum Gasteiger partial charge on any atom is 0.122 e. The lowest BCUT2D eigenvalue weighted by molar-refractivity contribution is 0.0637. The average Bonchev–Trinajstić information content (AvgIpc) is 2.65. The fraction of sp³-hybridized carbons (Fsp3) is 0.478. The molecule has 0 radical (unpaired) electrons. The van der Waals surface area contributed by atoms with Crippen LogP contribution in [0.3, 0.4) is 0 Å². The van der Waals surface area contributed by atoms with Crippen molar-refractivity contribution in [3.8, 4) is 11.5 Å². The van der Waals surface area contributed by atoms with Gasteiger partial charge in [0.05, 0.1) is 7.11 Å². The summed E-state index contributed by atoms with van der Waals surface area (Å²) in [7, 11) is 1.68. The van der Waals surface area contributed by atoms with Crippen molar-refractivity contribution in [2.45, 2.75) is 39.8 Å². The van der Waals surface area contributed by atoms with E-state index in [9.17, 15) is 5.11 Å². The minimum absolute atomic E-state index is 0.293. The highest BCUT2D eigenvalue weighted by Gasteiger charge is 2.14. The van der Waals surface area contributed by atoms with Crippen LogP contribution in [-0.4, -0.2) is 42.9 Å². The highest BCUT2D eigenvalue weighted by molar-refractivity contribution is 5.31. The molecule has 0 amide bonds. The Balaban J connectivity index is 1.94. The van der Waals surface area contributed by atoms with Crippen molar-refractivity contribution in [1.82, 2.24) is 4.90 Å². The molecule has 0 spiro atoms. The van der Waals surface area contributed by atoms with Crippen LogP contribution in [0.25, 0.3) is 0 Å². The van der Waals surface area contributed by atoms with E-state index in [1.165, 1.54) is 5.56 Å². The first-order valence-electron chi connectivity index (χ1n) is 9.69. The summed E-state index contributed by atoms with van der Waals surface area (Å²) in [5, 5.41) is 10.5. The van der Waals surface area contributed by atoms with Crippen LogP contribution in [0, 0.1) is 12.8 Å². The number of benzene rings is 2. The zero-order valence-corrected chi connectivity index (χ0v) is 17.0. The second kappa shape index (κ2) is 11.0. The van der Waals surface area contributed by atoms with Gasteiger partial charge in [0.2, 0.25) is 0 Å². The Bertz CT molecular complexity index is 687. The summed E-state index contributed by atoms with van der Waals surface area (Å²) in [6, 6.07) is 16.0. The van der Waals surface area contributed by atoms with Gasteiger partial charge in [-0.25, -0.2) is 0 Å². The molecule has 4 heteroatoms. The molecule has 0 bridgehead atoms. The van der Waals surface area contributed by atoms with E-state index in [1.54, 1.807) is 7.11 Å². The summed E-state index contributed by atoms with van der Waals surface area (Å²) in [6.07, 6.45) is 0.553. The van der Waals surface area contributed by atoms with Crippen molar-refractivity contribution in [3.63, 3.8) is 0 Å². The molecule has 0 heterocycles. The summed E-state index contributed by atoms with van der Waals surface area (Å²) < 4.78 is 11.1. The molecule has 2 rings (SSSR count). The Morgan fingerprint density at radius 1 is 1.07 bits per heavy atom. The summed E-state index contributed by atoms with van der Waals surface area (Å²) in [5.74, 6) is 2.32. The van der Waals surface area contributed by atoms with Crippen LogP contribution >= 0.6 is 0 Å². The van der Waals surface area contributed by atoms with Gasteiger partial charge in [-0.3, -0.25) is 4.90 Å². The molecule has 0 aliphatic rings. The topological polar surface area (TPSA) is 41.9 Å². The Morgan fingerprint density at radius 3 is 2.56 bits per heavy atom. The number of rotatable bonds is 11. The van der Waals surface area contributed by atoms with Gasteiger partial charge in [0.1, 0.15) is 24.2 Å². The van der Waals surface area contributed by atoms with E-state index < -0.39 is 6.10 Å². The molecule has 0 fully saturated rings. The van der Waals surface area contributed by atoms with Crippen molar-refractivity contribution < 1.29 is 14.6 Å². The van der Waals surface area contributed by atoms with Crippen LogP contribution in [0.2, 0.25) is 0 Å². The molecule has 0 aliphatic heterocycles. The lowest BCUT2D eigenvalue weighted by atomic mass is 10.1. The van der Waals surface area contributed by atoms with Crippen molar-refractivity contribution in [1.29, 1.82) is 0 Å². The predicted molar refractivity (Wildman–Crippen MR) is 110 cm³/mol. The fourth-order valence-electron chi connectivity index (χ4n) is 2.96. The van der Waals surface area contributed by atoms with Gasteiger partial charge in [-0.1, -0.05) is 44.2 Å². The van der Waals surface area contributed by atoms with Crippen molar-refractivity contribution in [2.24, 2.45) is 5.92 Å². The normalized spacial score (nSPS) is 12.4. The number of aryl methyl sites for hydroxylation is 1. The maximum absolute atomic E-state index is 10.5. The Morgan fingerprint density at radius 2 is 1.85 bits per heavy atom. The Hall–Kier alpha value is -2.04. The monoisotopic (exact) mass is 371 g/mol. The molecule has 0 aromatic heterocycles. The van der Waals surface area contributed by atoms with E-state index in [2.05, 4.69) is 30.9 Å². The molecule has 0 aliphatic carbocycles. The van der Waals surface area contributed by atoms with Crippen molar-refractivity contribution in [3.05, 3.63) is 59.7 Å². The van der Waals surface area contributed by atoms with Gasteiger partial charge >= 0.3 is 0 Å². The number of ether oxygens (including phenoxy) is 2. The molecule has 2 aromatic carbocycles. The van der Waals surface area contributed by atoms with Crippen LogP contribution < -0.4 is 9.47 Å². The van der Waals surface area contributed by atoms with Crippen LogP contribution in [-0.2, 0) is 6.54 Å². The molecule has 0 unspecified atom stereocenters. The van der Waals surface area contributed by atoms with Crippen molar-refractivity contribution in [2.75, 3.05) is 26.8 Å². The molecule has 4 nitrogen and oxygen atoms in total. The summed E-state index contributed by atoms with van der Waals surface area (Å²) in [5.41, 5.74) is 2.27. The third-order valence-corrected chi connectivity index (χ3v) is 4.56. The zero-order chi connectivity index (χ0) is 19.6. The van der Waals surface area contributed by atoms with Crippen LogP contribution in [0.5, 0.6) is 11.5 Å². The Kier molecular flexibility index (Phi) is 8.62. The maximum atomic E-state index is 10.5. The molecule has 27 heavy (non-hydrogen) atoms. The van der Waals surface area contributed by atoms with E-state index in [0.29, 0.717) is 19.1 Å². The molecular formula is C23H33NO3. The number of methoxy groups -OCH3 is 1. The number of hydrogen-bond donors (Lipinski definition) is 1. The number of hydrogen-bond acceptors (Lipinski definition) is 4. The molecule has 1 atom stereocenters. The number of aliphatic hydroxyl groups is 1. The summed E-state index contributed by atoms with van der Waals surface area (Å²) >= 11 is 0. The zero-order valence-electron chi connectivity index (χ0n) is 17.0. The smallest absolute Gasteiger partial charge is 0.122 e.